The molecule has 1 aliphatic heterocycles. The summed E-state index contributed by atoms with van der Waals surface area (Å²) < 4.78 is 2.04. The van der Waals surface area contributed by atoms with Gasteiger partial charge in [-0.05, 0) is 43.8 Å². The standard InChI is InChI=1S/C22H26N4O/c1-4-25-10-12-26(13-11-25)22(27)18-15-20(21-6-5-9-24(21)3)23-19-8-7-16(2)14-17(18)19/h5-9,14-15H,4,10-13H2,1-3H3. The third kappa shape index (κ3) is 3.35. The summed E-state index contributed by atoms with van der Waals surface area (Å²) in [7, 11) is 2.00. The maximum Gasteiger partial charge on any atom is 0.254 e. The molecule has 1 amide bonds. The Morgan fingerprint density at radius 1 is 1.11 bits per heavy atom. The van der Waals surface area contributed by atoms with Crippen LogP contribution in [0.15, 0.2) is 42.6 Å². The van der Waals surface area contributed by atoms with E-state index in [0.29, 0.717) is 0 Å². The van der Waals surface area contributed by atoms with Gasteiger partial charge in [-0.2, -0.15) is 0 Å². The van der Waals surface area contributed by atoms with E-state index in [0.717, 1.165) is 66.1 Å². The number of likely N-dealkylation sites (N-methyl/N-ethyl adjacent to an activating group) is 1. The summed E-state index contributed by atoms with van der Waals surface area (Å²) in [5, 5.41) is 0.941. The molecule has 140 valence electrons. The van der Waals surface area contributed by atoms with Crippen LogP contribution in [0.1, 0.15) is 22.8 Å². The van der Waals surface area contributed by atoms with Crippen LogP contribution in [0.25, 0.3) is 22.3 Å². The molecule has 5 nitrogen and oxygen atoms in total. The van der Waals surface area contributed by atoms with Crippen LogP contribution >= 0.6 is 0 Å². The largest absolute Gasteiger partial charge is 0.349 e. The predicted octanol–water partition coefficient (Wildman–Crippen LogP) is 3.33. The quantitative estimate of drug-likeness (QED) is 0.718. The summed E-state index contributed by atoms with van der Waals surface area (Å²) in [4.78, 5) is 22.6. The van der Waals surface area contributed by atoms with Gasteiger partial charge < -0.3 is 14.4 Å². The van der Waals surface area contributed by atoms with E-state index >= 15 is 0 Å². The molecule has 3 aromatic rings. The summed E-state index contributed by atoms with van der Waals surface area (Å²) in [5.41, 5.74) is 4.62. The molecule has 0 aliphatic carbocycles. The lowest BCUT2D eigenvalue weighted by molar-refractivity contribution is 0.0645. The molecule has 1 aliphatic rings. The van der Waals surface area contributed by atoms with Crippen LogP contribution in [0.3, 0.4) is 0 Å². The highest BCUT2D eigenvalue weighted by Crippen LogP contribution is 2.27. The first-order valence-corrected chi connectivity index (χ1v) is 9.61. The van der Waals surface area contributed by atoms with Gasteiger partial charge in [-0.25, -0.2) is 4.98 Å². The van der Waals surface area contributed by atoms with Gasteiger partial charge in [-0.15, -0.1) is 0 Å². The van der Waals surface area contributed by atoms with Gasteiger partial charge in [0.2, 0.25) is 0 Å². The lowest BCUT2D eigenvalue weighted by Crippen LogP contribution is -2.48. The lowest BCUT2D eigenvalue weighted by atomic mass is 10.0. The van der Waals surface area contributed by atoms with E-state index in [1.807, 2.05) is 47.0 Å². The number of carbonyl (C=O) groups excluding carboxylic acids is 1. The number of rotatable bonds is 3. The molecular weight excluding hydrogens is 336 g/mol. The van der Waals surface area contributed by atoms with Crippen LogP contribution in [-0.4, -0.2) is 58.0 Å². The number of pyridine rings is 1. The summed E-state index contributed by atoms with van der Waals surface area (Å²) in [5.74, 6) is 0.110. The SMILES string of the molecule is CCN1CCN(C(=O)c2cc(-c3cccn3C)nc3ccc(C)cc23)CC1. The van der Waals surface area contributed by atoms with Crippen molar-refractivity contribution in [1.82, 2.24) is 19.4 Å². The molecule has 0 spiro atoms. The Balaban J connectivity index is 1.79. The molecule has 4 rings (SSSR count). The lowest BCUT2D eigenvalue weighted by Gasteiger charge is -2.34. The Morgan fingerprint density at radius 3 is 2.56 bits per heavy atom. The molecule has 1 aromatic carbocycles. The second-order valence-corrected chi connectivity index (χ2v) is 7.31. The van der Waals surface area contributed by atoms with Gasteiger partial charge in [-0.1, -0.05) is 18.6 Å². The van der Waals surface area contributed by atoms with Crippen LogP contribution in [0, 0.1) is 6.92 Å². The van der Waals surface area contributed by atoms with Crippen molar-refractivity contribution in [2.45, 2.75) is 13.8 Å². The average molecular weight is 362 g/mol. The van der Waals surface area contributed by atoms with Gasteiger partial charge in [0, 0.05) is 44.8 Å². The van der Waals surface area contributed by atoms with Crippen LogP contribution in [0.5, 0.6) is 0 Å². The number of fused-ring (bicyclic) bond motifs is 1. The molecule has 0 N–H and O–H groups in total. The van der Waals surface area contributed by atoms with E-state index in [1.54, 1.807) is 0 Å². The molecule has 3 heterocycles. The summed E-state index contributed by atoms with van der Waals surface area (Å²) in [6.07, 6.45) is 2.00. The predicted molar refractivity (Wildman–Crippen MR) is 109 cm³/mol. The fraction of sp³-hybridized carbons (Fsp3) is 0.364. The van der Waals surface area contributed by atoms with Gasteiger partial charge in [0.1, 0.15) is 0 Å². The summed E-state index contributed by atoms with van der Waals surface area (Å²) in [6, 6.07) is 12.2. The van der Waals surface area contributed by atoms with E-state index in [4.69, 9.17) is 4.98 Å². The molecule has 0 unspecified atom stereocenters. The summed E-state index contributed by atoms with van der Waals surface area (Å²) in [6.45, 7) is 8.70. The highest BCUT2D eigenvalue weighted by molar-refractivity contribution is 6.07. The van der Waals surface area contributed by atoms with Crippen molar-refractivity contribution in [2.75, 3.05) is 32.7 Å². The van der Waals surface area contributed by atoms with E-state index < -0.39 is 0 Å². The first-order chi connectivity index (χ1) is 13.1. The Morgan fingerprint density at radius 2 is 1.89 bits per heavy atom. The van der Waals surface area contributed by atoms with Crippen molar-refractivity contribution in [3.63, 3.8) is 0 Å². The van der Waals surface area contributed by atoms with Crippen molar-refractivity contribution in [1.29, 1.82) is 0 Å². The Hall–Kier alpha value is -2.66. The third-order valence-electron chi connectivity index (χ3n) is 5.51. The van der Waals surface area contributed by atoms with Crippen molar-refractivity contribution in [3.8, 4) is 11.4 Å². The average Bonchev–Trinajstić information content (AvgIpc) is 3.12. The van der Waals surface area contributed by atoms with Gasteiger partial charge >= 0.3 is 0 Å². The highest BCUT2D eigenvalue weighted by atomic mass is 16.2. The van der Waals surface area contributed by atoms with E-state index in [-0.39, 0.29) is 5.91 Å². The van der Waals surface area contributed by atoms with Crippen molar-refractivity contribution >= 4 is 16.8 Å². The van der Waals surface area contributed by atoms with Crippen molar-refractivity contribution < 1.29 is 4.79 Å². The van der Waals surface area contributed by atoms with Crippen LogP contribution in [0.2, 0.25) is 0 Å². The fourth-order valence-electron chi connectivity index (χ4n) is 3.81. The number of aromatic nitrogens is 2. The number of nitrogens with zero attached hydrogens (tertiary/aromatic N) is 4. The molecule has 0 bridgehead atoms. The van der Waals surface area contributed by atoms with Gasteiger partial charge in [0.25, 0.3) is 5.91 Å². The molecule has 0 atom stereocenters. The fourth-order valence-corrected chi connectivity index (χ4v) is 3.81. The minimum absolute atomic E-state index is 0.110. The van der Waals surface area contributed by atoms with Gasteiger partial charge in [0.15, 0.2) is 0 Å². The number of amides is 1. The molecule has 0 saturated carbocycles. The van der Waals surface area contributed by atoms with E-state index in [9.17, 15) is 4.79 Å². The molecular formula is C22H26N4O. The third-order valence-corrected chi connectivity index (χ3v) is 5.51. The molecule has 27 heavy (non-hydrogen) atoms. The topological polar surface area (TPSA) is 41.4 Å². The van der Waals surface area contributed by atoms with Crippen molar-refractivity contribution in [3.05, 3.63) is 53.7 Å². The van der Waals surface area contributed by atoms with Gasteiger partial charge in [-0.3, -0.25) is 4.79 Å². The van der Waals surface area contributed by atoms with Crippen LogP contribution in [0.4, 0.5) is 0 Å². The van der Waals surface area contributed by atoms with Crippen molar-refractivity contribution in [2.24, 2.45) is 7.05 Å². The second kappa shape index (κ2) is 7.16. The zero-order valence-electron chi connectivity index (χ0n) is 16.3. The van der Waals surface area contributed by atoms with Crippen LogP contribution in [-0.2, 0) is 7.05 Å². The smallest absolute Gasteiger partial charge is 0.254 e. The Labute approximate surface area is 160 Å². The maximum absolute atomic E-state index is 13.4. The number of hydrogen-bond acceptors (Lipinski definition) is 3. The first-order valence-electron chi connectivity index (χ1n) is 9.61. The number of aryl methyl sites for hydroxylation is 2. The monoisotopic (exact) mass is 362 g/mol. The maximum atomic E-state index is 13.4. The molecule has 1 saturated heterocycles. The minimum Gasteiger partial charge on any atom is -0.349 e. The molecule has 1 fully saturated rings. The highest BCUT2D eigenvalue weighted by Gasteiger charge is 2.24. The molecule has 5 heteroatoms. The molecule has 2 aromatic heterocycles. The minimum atomic E-state index is 0.110. The van der Waals surface area contributed by atoms with Gasteiger partial charge in [0.05, 0.1) is 22.5 Å². The normalized spacial score (nSPS) is 15.4. The Bertz CT molecular complexity index is 983. The number of hydrogen-bond donors (Lipinski definition) is 0. The number of benzene rings is 1. The zero-order valence-corrected chi connectivity index (χ0v) is 16.3. The zero-order chi connectivity index (χ0) is 19.0. The second-order valence-electron chi connectivity index (χ2n) is 7.31. The molecule has 0 radical (unpaired) electrons. The van der Waals surface area contributed by atoms with Crippen LogP contribution < -0.4 is 0 Å². The van der Waals surface area contributed by atoms with E-state index in [1.165, 1.54) is 0 Å². The van der Waals surface area contributed by atoms with E-state index in [2.05, 4.69) is 30.9 Å². The Kier molecular flexibility index (Phi) is 4.70. The number of carbonyl (C=O) groups is 1. The first kappa shape index (κ1) is 17.7. The number of piperazine rings is 1. The summed E-state index contributed by atoms with van der Waals surface area (Å²) >= 11 is 0.